The predicted molar refractivity (Wildman–Crippen MR) is 102 cm³/mol. The number of amides is 2. The van der Waals surface area contributed by atoms with Gasteiger partial charge in [0.1, 0.15) is 5.75 Å². The Kier molecular flexibility index (Phi) is 7.68. The SMILES string of the molecule is CCOc1ccccc1C(=O)NCC(=O)N(CC)CCc1ccccc1. The van der Waals surface area contributed by atoms with Crippen LogP contribution in [0, 0.1) is 0 Å². The molecule has 26 heavy (non-hydrogen) atoms. The number of nitrogens with zero attached hydrogens (tertiary/aromatic N) is 1. The van der Waals surface area contributed by atoms with Crippen LogP contribution in [0.15, 0.2) is 54.6 Å². The van der Waals surface area contributed by atoms with Gasteiger partial charge in [0.25, 0.3) is 5.91 Å². The zero-order valence-corrected chi connectivity index (χ0v) is 15.4. The van der Waals surface area contributed by atoms with E-state index in [1.165, 1.54) is 5.56 Å². The van der Waals surface area contributed by atoms with Crippen LogP contribution < -0.4 is 10.1 Å². The first-order valence-corrected chi connectivity index (χ1v) is 8.97. The van der Waals surface area contributed by atoms with Crippen molar-refractivity contribution in [2.45, 2.75) is 20.3 Å². The van der Waals surface area contributed by atoms with Crippen LogP contribution >= 0.6 is 0 Å². The minimum absolute atomic E-state index is 0.0259. The van der Waals surface area contributed by atoms with Gasteiger partial charge in [-0.1, -0.05) is 42.5 Å². The van der Waals surface area contributed by atoms with Crippen LogP contribution in [0.4, 0.5) is 0 Å². The normalized spacial score (nSPS) is 10.2. The van der Waals surface area contributed by atoms with Crippen molar-refractivity contribution in [2.75, 3.05) is 26.2 Å². The Hall–Kier alpha value is -2.82. The molecule has 5 nitrogen and oxygen atoms in total. The quantitative estimate of drug-likeness (QED) is 0.753. The summed E-state index contributed by atoms with van der Waals surface area (Å²) in [6, 6.07) is 17.1. The maximum Gasteiger partial charge on any atom is 0.255 e. The number of ether oxygens (including phenoxy) is 1. The Labute approximate surface area is 155 Å². The van der Waals surface area contributed by atoms with Gasteiger partial charge in [-0.2, -0.15) is 0 Å². The van der Waals surface area contributed by atoms with Crippen LogP contribution in [0.1, 0.15) is 29.8 Å². The number of hydrogen-bond donors (Lipinski definition) is 1. The molecule has 0 aliphatic carbocycles. The lowest BCUT2D eigenvalue weighted by molar-refractivity contribution is -0.129. The average Bonchev–Trinajstić information content (AvgIpc) is 2.68. The summed E-state index contributed by atoms with van der Waals surface area (Å²) in [4.78, 5) is 26.5. The Balaban J connectivity index is 1.88. The number of benzene rings is 2. The van der Waals surface area contributed by atoms with Crippen LogP contribution in [0.5, 0.6) is 5.75 Å². The van der Waals surface area contributed by atoms with E-state index in [9.17, 15) is 9.59 Å². The van der Waals surface area contributed by atoms with E-state index in [2.05, 4.69) is 5.32 Å². The van der Waals surface area contributed by atoms with E-state index in [0.29, 0.717) is 31.0 Å². The molecule has 138 valence electrons. The molecule has 0 heterocycles. The summed E-state index contributed by atoms with van der Waals surface area (Å²) in [6.07, 6.45) is 0.793. The van der Waals surface area contributed by atoms with Crippen LogP contribution in [0.25, 0.3) is 0 Å². The van der Waals surface area contributed by atoms with Crippen molar-refractivity contribution in [3.05, 3.63) is 65.7 Å². The highest BCUT2D eigenvalue weighted by Gasteiger charge is 2.16. The van der Waals surface area contributed by atoms with Gasteiger partial charge >= 0.3 is 0 Å². The zero-order valence-electron chi connectivity index (χ0n) is 15.4. The summed E-state index contributed by atoms with van der Waals surface area (Å²) in [5.41, 5.74) is 1.63. The molecule has 0 bridgehead atoms. The minimum Gasteiger partial charge on any atom is -0.493 e. The summed E-state index contributed by atoms with van der Waals surface area (Å²) < 4.78 is 5.46. The van der Waals surface area contributed by atoms with Crippen molar-refractivity contribution in [2.24, 2.45) is 0 Å². The Morgan fingerprint density at radius 2 is 1.69 bits per heavy atom. The Morgan fingerprint density at radius 3 is 2.38 bits per heavy atom. The standard InChI is InChI=1S/C21H26N2O3/c1-3-23(15-14-17-10-6-5-7-11-17)20(24)16-22-21(25)18-12-8-9-13-19(18)26-4-2/h5-13H,3-4,14-16H2,1-2H3,(H,22,25). The summed E-state index contributed by atoms with van der Waals surface area (Å²) in [5.74, 6) is 0.128. The van der Waals surface area contributed by atoms with Crippen molar-refractivity contribution in [3.63, 3.8) is 0 Å². The lowest BCUT2D eigenvalue weighted by Gasteiger charge is -2.21. The number of carbonyl (C=O) groups is 2. The molecule has 0 saturated heterocycles. The third kappa shape index (κ3) is 5.62. The first-order chi connectivity index (χ1) is 12.7. The average molecular weight is 354 g/mol. The highest BCUT2D eigenvalue weighted by molar-refractivity contribution is 5.98. The molecule has 0 saturated carbocycles. The highest BCUT2D eigenvalue weighted by atomic mass is 16.5. The molecule has 0 aliphatic rings. The fourth-order valence-electron chi connectivity index (χ4n) is 2.67. The van der Waals surface area contributed by atoms with E-state index < -0.39 is 0 Å². The van der Waals surface area contributed by atoms with E-state index >= 15 is 0 Å². The first-order valence-electron chi connectivity index (χ1n) is 8.97. The van der Waals surface area contributed by atoms with E-state index in [-0.39, 0.29) is 18.4 Å². The fraction of sp³-hybridized carbons (Fsp3) is 0.333. The third-order valence-corrected chi connectivity index (χ3v) is 4.08. The Morgan fingerprint density at radius 1 is 1.00 bits per heavy atom. The molecule has 2 amide bonds. The van der Waals surface area contributed by atoms with Gasteiger partial charge in [-0.25, -0.2) is 0 Å². The largest absolute Gasteiger partial charge is 0.493 e. The van der Waals surface area contributed by atoms with Gasteiger partial charge < -0.3 is 15.0 Å². The highest BCUT2D eigenvalue weighted by Crippen LogP contribution is 2.17. The van der Waals surface area contributed by atoms with Gasteiger partial charge in [0.2, 0.25) is 5.91 Å². The summed E-state index contributed by atoms with van der Waals surface area (Å²) >= 11 is 0. The molecule has 2 aromatic rings. The molecule has 0 spiro atoms. The smallest absolute Gasteiger partial charge is 0.255 e. The molecule has 1 N–H and O–H groups in total. The summed E-state index contributed by atoms with van der Waals surface area (Å²) in [5, 5.41) is 2.70. The number of para-hydroxylation sites is 1. The van der Waals surface area contributed by atoms with Gasteiger partial charge in [-0.05, 0) is 38.0 Å². The van der Waals surface area contributed by atoms with E-state index in [4.69, 9.17) is 4.74 Å². The lowest BCUT2D eigenvalue weighted by atomic mass is 10.1. The van der Waals surface area contributed by atoms with Crippen LogP contribution in [0.3, 0.4) is 0 Å². The third-order valence-electron chi connectivity index (χ3n) is 4.08. The van der Waals surface area contributed by atoms with E-state index in [1.807, 2.05) is 50.2 Å². The van der Waals surface area contributed by atoms with Gasteiger partial charge in [-0.15, -0.1) is 0 Å². The number of carbonyl (C=O) groups excluding carboxylic acids is 2. The Bertz CT molecular complexity index is 716. The van der Waals surface area contributed by atoms with Crippen LogP contribution in [-0.2, 0) is 11.2 Å². The monoisotopic (exact) mass is 354 g/mol. The second-order valence-corrected chi connectivity index (χ2v) is 5.82. The maximum atomic E-state index is 12.4. The molecular formula is C21H26N2O3. The summed E-state index contributed by atoms with van der Waals surface area (Å²) in [6.45, 7) is 5.50. The first kappa shape index (κ1) is 19.5. The lowest BCUT2D eigenvalue weighted by Crippen LogP contribution is -2.41. The van der Waals surface area contributed by atoms with Crippen molar-refractivity contribution in [1.82, 2.24) is 10.2 Å². The van der Waals surface area contributed by atoms with Crippen LogP contribution in [-0.4, -0.2) is 43.0 Å². The molecule has 0 aliphatic heterocycles. The number of nitrogens with one attached hydrogen (secondary N) is 1. The second-order valence-electron chi connectivity index (χ2n) is 5.82. The molecule has 0 fully saturated rings. The summed E-state index contributed by atoms with van der Waals surface area (Å²) in [7, 11) is 0. The van der Waals surface area contributed by atoms with Gasteiger partial charge in [0, 0.05) is 13.1 Å². The van der Waals surface area contributed by atoms with Gasteiger partial charge in [0.15, 0.2) is 0 Å². The topological polar surface area (TPSA) is 58.6 Å². The van der Waals surface area contributed by atoms with Gasteiger partial charge in [-0.3, -0.25) is 9.59 Å². The number of likely N-dealkylation sites (N-methyl/N-ethyl adjacent to an activating group) is 1. The molecular weight excluding hydrogens is 328 g/mol. The number of hydrogen-bond acceptors (Lipinski definition) is 3. The van der Waals surface area contributed by atoms with Crippen molar-refractivity contribution >= 4 is 11.8 Å². The van der Waals surface area contributed by atoms with Gasteiger partial charge in [0.05, 0.1) is 18.7 Å². The van der Waals surface area contributed by atoms with Crippen molar-refractivity contribution < 1.29 is 14.3 Å². The molecule has 5 heteroatoms. The zero-order chi connectivity index (χ0) is 18.8. The molecule has 0 atom stereocenters. The molecule has 2 aromatic carbocycles. The van der Waals surface area contributed by atoms with Crippen molar-refractivity contribution in [3.8, 4) is 5.75 Å². The maximum absolute atomic E-state index is 12.4. The fourth-order valence-corrected chi connectivity index (χ4v) is 2.67. The molecule has 0 unspecified atom stereocenters. The van der Waals surface area contributed by atoms with Crippen LogP contribution in [0.2, 0.25) is 0 Å². The second kappa shape index (κ2) is 10.2. The molecule has 2 rings (SSSR count). The molecule has 0 radical (unpaired) electrons. The predicted octanol–water partition coefficient (Wildman–Crippen LogP) is 2.91. The van der Waals surface area contributed by atoms with E-state index in [1.54, 1.807) is 23.1 Å². The number of rotatable bonds is 9. The molecule has 0 aromatic heterocycles. The van der Waals surface area contributed by atoms with E-state index in [0.717, 1.165) is 6.42 Å². The van der Waals surface area contributed by atoms with Crippen molar-refractivity contribution in [1.29, 1.82) is 0 Å². The minimum atomic E-state index is -0.304.